The standard InChI is InChI=1S/C17H14NO.Ir/c1-17(2)16(19)14-11-7-6-10-13(14)15(18-17)12-8-4-3-5-9-12;/h3-8,10-11H,1-2H3;/q-1;. The molecule has 0 aliphatic carbocycles. The second-order valence-electron chi connectivity index (χ2n) is 5.17. The van der Waals surface area contributed by atoms with E-state index in [1.54, 1.807) is 0 Å². The number of nitrogens with zero attached hydrogens (tertiary/aromatic N) is 1. The zero-order valence-electron chi connectivity index (χ0n) is 11.3. The predicted octanol–water partition coefficient (Wildman–Crippen LogP) is 3.30. The van der Waals surface area contributed by atoms with Crippen molar-refractivity contribution in [3.05, 3.63) is 71.3 Å². The van der Waals surface area contributed by atoms with Gasteiger partial charge in [-0.15, -0.1) is 35.9 Å². The van der Waals surface area contributed by atoms with Gasteiger partial charge in [0.25, 0.3) is 0 Å². The van der Waals surface area contributed by atoms with Crippen molar-refractivity contribution in [2.75, 3.05) is 0 Å². The fraction of sp³-hybridized carbons (Fsp3) is 0.176. The Morgan fingerprint density at radius 1 is 1.00 bits per heavy atom. The summed E-state index contributed by atoms with van der Waals surface area (Å²) in [6.45, 7) is 3.71. The fourth-order valence-corrected chi connectivity index (χ4v) is 2.35. The number of benzene rings is 2. The first-order valence-electron chi connectivity index (χ1n) is 6.31. The van der Waals surface area contributed by atoms with Crippen LogP contribution in [0.5, 0.6) is 0 Å². The minimum atomic E-state index is -0.715. The SMILES string of the molecule is CC1(C)N=C(c2[c-]cccc2)c2ccccc2C1=O.[Ir]. The molecule has 0 N–H and O–H groups in total. The van der Waals surface area contributed by atoms with E-state index in [0.29, 0.717) is 0 Å². The summed E-state index contributed by atoms with van der Waals surface area (Å²) in [7, 11) is 0. The minimum Gasteiger partial charge on any atom is -0.318 e. The Kier molecular flexibility index (Phi) is 4.03. The smallest absolute Gasteiger partial charge is 0.188 e. The van der Waals surface area contributed by atoms with Crippen LogP contribution < -0.4 is 0 Å². The maximum Gasteiger partial charge on any atom is 0.188 e. The second-order valence-corrected chi connectivity index (χ2v) is 5.17. The molecule has 0 saturated heterocycles. The molecule has 2 aromatic carbocycles. The van der Waals surface area contributed by atoms with Crippen LogP contribution in [0.1, 0.15) is 35.3 Å². The first-order valence-corrected chi connectivity index (χ1v) is 6.31. The maximum atomic E-state index is 12.4. The summed E-state index contributed by atoms with van der Waals surface area (Å²) in [6, 6.07) is 18.6. The molecule has 2 aromatic rings. The summed E-state index contributed by atoms with van der Waals surface area (Å²) in [4.78, 5) is 17.0. The van der Waals surface area contributed by atoms with Crippen LogP contribution in [0, 0.1) is 6.07 Å². The molecule has 103 valence electrons. The molecular weight excluding hydrogens is 426 g/mol. The van der Waals surface area contributed by atoms with Crippen molar-refractivity contribution in [3.8, 4) is 0 Å². The van der Waals surface area contributed by atoms with Crippen LogP contribution in [0.4, 0.5) is 0 Å². The van der Waals surface area contributed by atoms with Crippen LogP contribution >= 0.6 is 0 Å². The van der Waals surface area contributed by atoms with Gasteiger partial charge in [-0.1, -0.05) is 24.3 Å². The van der Waals surface area contributed by atoms with Gasteiger partial charge >= 0.3 is 0 Å². The van der Waals surface area contributed by atoms with Gasteiger partial charge in [0.2, 0.25) is 0 Å². The van der Waals surface area contributed by atoms with Crippen molar-refractivity contribution in [1.29, 1.82) is 0 Å². The summed E-state index contributed by atoms with van der Waals surface area (Å²) in [5.74, 6) is 0.0720. The molecule has 1 radical (unpaired) electrons. The van der Waals surface area contributed by atoms with Crippen LogP contribution in [-0.4, -0.2) is 17.0 Å². The van der Waals surface area contributed by atoms with Crippen LogP contribution in [0.2, 0.25) is 0 Å². The van der Waals surface area contributed by atoms with Crippen molar-refractivity contribution in [3.63, 3.8) is 0 Å². The quantitative estimate of drug-likeness (QED) is 0.626. The molecule has 0 aromatic heterocycles. The van der Waals surface area contributed by atoms with E-state index in [-0.39, 0.29) is 25.9 Å². The van der Waals surface area contributed by atoms with E-state index in [1.807, 2.05) is 62.4 Å². The normalized spacial score (nSPS) is 15.9. The van der Waals surface area contributed by atoms with Crippen LogP contribution in [-0.2, 0) is 20.1 Å². The summed E-state index contributed by atoms with van der Waals surface area (Å²) >= 11 is 0. The van der Waals surface area contributed by atoms with Gasteiger partial charge in [-0.3, -0.25) is 4.79 Å². The molecular formula is C17H14IrNO-. The molecule has 0 atom stereocenters. The van der Waals surface area contributed by atoms with Crippen LogP contribution in [0.15, 0.2) is 53.5 Å². The fourth-order valence-electron chi connectivity index (χ4n) is 2.35. The third-order valence-corrected chi connectivity index (χ3v) is 3.34. The molecule has 0 fully saturated rings. The number of hydrogen-bond donors (Lipinski definition) is 0. The predicted molar refractivity (Wildman–Crippen MR) is 75.8 cm³/mol. The Balaban J connectivity index is 0.00000147. The summed E-state index contributed by atoms with van der Waals surface area (Å²) in [6.07, 6.45) is 0. The van der Waals surface area contributed by atoms with E-state index < -0.39 is 5.54 Å². The van der Waals surface area contributed by atoms with Crippen molar-refractivity contribution >= 4 is 11.5 Å². The molecule has 0 saturated carbocycles. The Hall–Kier alpha value is -1.57. The van der Waals surface area contributed by atoms with Gasteiger partial charge in [-0.2, -0.15) is 0 Å². The third kappa shape index (κ3) is 2.39. The number of ketones is 1. The Labute approximate surface area is 132 Å². The Morgan fingerprint density at radius 3 is 2.30 bits per heavy atom. The van der Waals surface area contributed by atoms with E-state index in [1.165, 1.54) is 0 Å². The average Bonchev–Trinajstić information content (AvgIpc) is 2.44. The molecule has 1 aliphatic rings. The molecule has 2 nitrogen and oxygen atoms in total. The zero-order valence-corrected chi connectivity index (χ0v) is 13.7. The molecule has 0 amide bonds. The van der Waals surface area contributed by atoms with E-state index in [4.69, 9.17) is 0 Å². The van der Waals surface area contributed by atoms with Crippen molar-refractivity contribution in [2.45, 2.75) is 19.4 Å². The summed E-state index contributed by atoms with van der Waals surface area (Å²) < 4.78 is 0. The van der Waals surface area contributed by atoms with E-state index in [9.17, 15) is 4.79 Å². The summed E-state index contributed by atoms with van der Waals surface area (Å²) in [5, 5.41) is 0. The number of Topliss-reactive ketones (excluding diaryl/α,β-unsaturated/α-hetero) is 1. The van der Waals surface area contributed by atoms with Gasteiger partial charge in [0.15, 0.2) is 5.78 Å². The number of rotatable bonds is 1. The molecule has 0 bridgehead atoms. The number of carbonyl (C=O) groups excluding carboxylic acids is 1. The topological polar surface area (TPSA) is 29.4 Å². The van der Waals surface area contributed by atoms with Gasteiger partial charge in [0.05, 0.1) is 0 Å². The van der Waals surface area contributed by atoms with E-state index >= 15 is 0 Å². The van der Waals surface area contributed by atoms with Gasteiger partial charge < -0.3 is 4.99 Å². The molecule has 0 unspecified atom stereocenters. The van der Waals surface area contributed by atoms with Gasteiger partial charge in [0, 0.05) is 25.7 Å². The molecule has 20 heavy (non-hydrogen) atoms. The Morgan fingerprint density at radius 2 is 1.65 bits per heavy atom. The zero-order chi connectivity index (χ0) is 13.5. The van der Waals surface area contributed by atoms with E-state index in [0.717, 1.165) is 22.4 Å². The van der Waals surface area contributed by atoms with Gasteiger partial charge in [-0.05, 0) is 25.1 Å². The van der Waals surface area contributed by atoms with Crippen LogP contribution in [0.25, 0.3) is 0 Å². The molecule has 1 aliphatic heterocycles. The Bertz CT molecular complexity index is 674. The number of carbonyl (C=O) groups is 1. The molecule has 1 heterocycles. The molecule has 3 heteroatoms. The monoisotopic (exact) mass is 441 g/mol. The number of hydrogen-bond acceptors (Lipinski definition) is 2. The summed E-state index contributed by atoms with van der Waals surface area (Å²) in [5.41, 5.74) is 2.70. The third-order valence-electron chi connectivity index (χ3n) is 3.34. The van der Waals surface area contributed by atoms with E-state index in [2.05, 4.69) is 11.1 Å². The number of fused-ring (bicyclic) bond motifs is 1. The molecule has 3 rings (SSSR count). The van der Waals surface area contributed by atoms with Crippen molar-refractivity contribution in [2.24, 2.45) is 4.99 Å². The van der Waals surface area contributed by atoms with Crippen molar-refractivity contribution in [1.82, 2.24) is 0 Å². The van der Waals surface area contributed by atoms with Gasteiger partial charge in [0.1, 0.15) is 5.54 Å². The van der Waals surface area contributed by atoms with Gasteiger partial charge in [-0.25, -0.2) is 0 Å². The molecule has 0 spiro atoms. The number of aliphatic imine (C=N–C) groups is 1. The maximum absolute atomic E-state index is 12.4. The van der Waals surface area contributed by atoms with Crippen molar-refractivity contribution < 1.29 is 24.9 Å². The first kappa shape index (κ1) is 14.8. The first-order chi connectivity index (χ1) is 9.09. The average molecular weight is 441 g/mol. The van der Waals surface area contributed by atoms with Crippen LogP contribution in [0.3, 0.4) is 0 Å². The minimum absolute atomic E-state index is 0. The second kappa shape index (κ2) is 5.43. The largest absolute Gasteiger partial charge is 0.318 e.